The Morgan fingerprint density at radius 2 is 1.79 bits per heavy atom. The molecule has 0 N–H and O–H groups in total. The van der Waals surface area contributed by atoms with Gasteiger partial charge in [-0.05, 0) is 24.6 Å². The summed E-state index contributed by atoms with van der Waals surface area (Å²) in [5.41, 5.74) is 0.973. The fourth-order valence-electron chi connectivity index (χ4n) is 1.67. The van der Waals surface area contributed by atoms with Crippen molar-refractivity contribution in [2.24, 2.45) is 0 Å². The van der Waals surface area contributed by atoms with Crippen LogP contribution in [0.25, 0.3) is 0 Å². The van der Waals surface area contributed by atoms with Gasteiger partial charge in [0.2, 0.25) is 0 Å². The summed E-state index contributed by atoms with van der Waals surface area (Å²) >= 11 is 0. The van der Waals surface area contributed by atoms with E-state index in [2.05, 4.69) is 15.2 Å². The van der Waals surface area contributed by atoms with E-state index in [0.717, 1.165) is 0 Å². The van der Waals surface area contributed by atoms with Crippen LogP contribution in [0.1, 0.15) is 40.1 Å². The highest BCUT2D eigenvalue weighted by molar-refractivity contribution is 5.97. The first kappa shape index (κ1) is 13.0. The van der Waals surface area contributed by atoms with E-state index >= 15 is 0 Å². The van der Waals surface area contributed by atoms with Crippen LogP contribution >= 0.6 is 0 Å². The van der Waals surface area contributed by atoms with Crippen LogP contribution in [0.15, 0.2) is 42.9 Å². The highest BCUT2D eigenvalue weighted by Gasteiger charge is 2.09. The highest BCUT2D eigenvalue weighted by Crippen LogP contribution is 2.08. The third-order valence-electron chi connectivity index (χ3n) is 2.66. The predicted molar refractivity (Wildman–Crippen MR) is 68.8 cm³/mol. The lowest BCUT2D eigenvalue weighted by Gasteiger charge is -2.00. The van der Waals surface area contributed by atoms with Crippen molar-refractivity contribution in [2.75, 3.05) is 0 Å². The van der Waals surface area contributed by atoms with Gasteiger partial charge in [-0.15, -0.1) is 0 Å². The van der Waals surface area contributed by atoms with Crippen molar-refractivity contribution < 1.29 is 9.59 Å². The zero-order valence-corrected chi connectivity index (χ0v) is 10.3. The number of hydrogen-bond donors (Lipinski definition) is 0. The van der Waals surface area contributed by atoms with E-state index in [9.17, 15) is 9.59 Å². The van der Waals surface area contributed by atoms with Crippen molar-refractivity contribution >= 4 is 11.6 Å². The fraction of sp³-hybridized carbons (Fsp3) is 0.214. The average Bonchev–Trinajstić information content (AvgIpc) is 2.49. The normalized spacial score (nSPS) is 10.1. The molecule has 2 aromatic heterocycles. The van der Waals surface area contributed by atoms with Gasteiger partial charge in [-0.1, -0.05) is 6.07 Å². The number of nitrogens with zero attached hydrogens (tertiary/aromatic N) is 3. The van der Waals surface area contributed by atoms with Crippen molar-refractivity contribution in [2.45, 2.75) is 19.3 Å². The molecule has 0 radical (unpaired) electrons. The van der Waals surface area contributed by atoms with E-state index in [1.807, 2.05) is 0 Å². The number of carbonyl (C=O) groups excluding carboxylic acids is 2. The second kappa shape index (κ2) is 6.49. The Morgan fingerprint density at radius 1 is 0.947 bits per heavy atom. The van der Waals surface area contributed by atoms with Crippen LogP contribution in [-0.4, -0.2) is 26.7 Å². The summed E-state index contributed by atoms with van der Waals surface area (Å²) in [5, 5.41) is 7.26. The minimum atomic E-state index is -0.0405. The summed E-state index contributed by atoms with van der Waals surface area (Å²) < 4.78 is 0. The molecule has 96 valence electrons. The molecule has 0 fully saturated rings. The Labute approximate surface area is 110 Å². The molecule has 0 unspecified atom stereocenters. The van der Waals surface area contributed by atoms with Crippen molar-refractivity contribution in [1.29, 1.82) is 0 Å². The summed E-state index contributed by atoms with van der Waals surface area (Å²) in [6.07, 6.45) is 5.65. The summed E-state index contributed by atoms with van der Waals surface area (Å²) in [6.45, 7) is 0. The van der Waals surface area contributed by atoms with Gasteiger partial charge in [0.05, 0.1) is 12.4 Å². The van der Waals surface area contributed by atoms with Crippen LogP contribution in [0.2, 0.25) is 0 Å². The zero-order chi connectivity index (χ0) is 13.5. The molecule has 0 amide bonds. The van der Waals surface area contributed by atoms with Gasteiger partial charge in [0.15, 0.2) is 11.6 Å². The number of pyridine rings is 1. The second-order valence-corrected chi connectivity index (χ2v) is 4.05. The lowest BCUT2D eigenvalue weighted by atomic mass is 10.1. The number of hydrogen-bond acceptors (Lipinski definition) is 5. The zero-order valence-electron chi connectivity index (χ0n) is 10.3. The molecule has 0 aliphatic heterocycles. The first-order valence-electron chi connectivity index (χ1n) is 6.01. The van der Waals surface area contributed by atoms with Crippen LogP contribution in [0.4, 0.5) is 0 Å². The Kier molecular flexibility index (Phi) is 4.44. The molecule has 0 bridgehead atoms. The van der Waals surface area contributed by atoms with E-state index in [4.69, 9.17) is 0 Å². The maximum absolute atomic E-state index is 11.8. The third-order valence-corrected chi connectivity index (χ3v) is 2.66. The van der Waals surface area contributed by atoms with Gasteiger partial charge in [-0.2, -0.15) is 10.2 Å². The molecule has 0 atom stereocenters. The standard InChI is InChI=1S/C14H13N3O2/c18-13(11-7-9-16-17-10-11)5-3-6-14(19)12-4-1-2-8-15-12/h1-2,4,7-10H,3,5-6H2. The Morgan fingerprint density at radius 3 is 2.47 bits per heavy atom. The van der Waals surface area contributed by atoms with Gasteiger partial charge in [-0.25, -0.2) is 0 Å². The lowest BCUT2D eigenvalue weighted by molar-refractivity contribution is 0.0954. The molecule has 0 aliphatic rings. The molecular weight excluding hydrogens is 242 g/mol. The number of carbonyl (C=O) groups is 2. The van der Waals surface area contributed by atoms with E-state index in [1.54, 1.807) is 30.5 Å². The smallest absolute Gasteiger partial charge is 0.181 e. The van der Waals surface area contributed by atoms with Crippen LogP contribution in [0.5, 0.6) is 0 Å². The molecule has 2 aromatic rings. The molecule has 0 spiro atoms. The quantitative estimate of drug-likeness (QED) is 0.739. The van der Waals surface area contributed by atoms with Gasteiger partial charge in [0.1, 0.15) is 5.69 Å². The predicted octanol–water partition coefficient (Wildman–Crippen LogP) is 2.11. The first-order chi connectivity index (χ1) is 9.27. The number of ketones is 2. The fourth-order valence-corrected chi connectivity index (χ4v) is 1.67. The summed E-state index contributed by atoms with van der Waals surface area (Å²) in [4.78, 5) is 27.5. The average molecular weight is 255 g/mol. The maximum atomic E-state index is 11.8. The van der Waals surface area contributed by atoms with E-state index < -0.39 is 0 Å². The summed E-state index contributed by atoms with van der Waals surface area (Å²) in [5.74, 6) is -0.0648. The van der Waals surface area contributed by atoms with Crippen molar-refractivity contribution in [1.82, 2.24) is 15.2 Å². The summed E-state index contributed by atoms with van der Waals surface area (Å²) in [7, 11) is 0. The molecule has 0 aliphatic carbocycles. The highest BCUT2D eigenvalue weighted by atomic mass is 16.1. The second-order valence-electron chi connectivity index (χ2n) is 4.05. The molecule has 2 rings (SSSR count). The van der Waals surface area contributed by atoms with Crippen molar-refractivity contribution in [3.05, 3.63) is 54.1 Å². The first-order valence-corrected chi connectivity index (χ1v) is 6.01. The molecule has 2 heterocycles. The van der Waals surface area contributed by atoms with Gasteiger partial charge < -0.3 is 0 Å². The molecule has 0 saturated carbocycles. The van der Waals surface area contributed by atoms with Gasteiger partial charge in [0, 0.05) is 24.6 Å². The van der Waals surface area contributed by atoms with E-state index in [1.165, 1.54) is 12.4 Å². The topological polar surface area (TPSA) is 72.8 Å². The molecule has 5 heteroatoms. The van der Waals surface area contributed by atoms with E-state index in [0.29, 0.717) is 30.5 Å². The molecule has 0 saturated heterocycles. The van der Waals surface area contributed by atoms with Crippen LogP contribution in [0, 0.1) is 0 Å². The number of rotatable bonds is 6. The van der Waals surface area contributed by atoms with Gasteiger partial charge >= 0.3 is 0 Å². The Bertz CT molecular complexity index is 504. The molecule has 0 aromatic carbocycles. The minimum Gasteiger partial charge on any atom is -0.294 e. The monoisotopic (exact) mass is 255 g/mol. The van der Waals surface area contributed by atoms with Gasteiger partial charge in [-0.3, -0.25) is 14.6 Å². The van der Waals surface area contributed by atoms with Crippen molar-refractivity contribution in [3.8, 4) is 0 Å². The molecule has 5 nitrogen and oxygen atoms in total. The molecule has 19 heavy (non-hydrogen) atoms. The number of aromatic nitrogens is 3. The van der Waals surface area contributed by atoms with Crippen LogP contribution < -0.4 is 0 Å². The maximum Gasteiger partial charge on any atom is 0.181 e. The van der Waals surface area contributed by atoms with Crippen LogP contribution in [-0.2, 0) is 0 Å². The Hall–Kier alpha value is -2.43. The number of Topliss-reactive ketones (excluding diaryl/α,β-unsaturated/α-hetero) is 2. The lowest BCUT2D eigenvalue weighted by Crippen LogP contribution is -2.04. The summed E-state index contributed by atoms with van der Waals surface area (Å²) in [6, 6.07) is 6.83. The van der Waals surface area contributed by atoms with E-state index in [-0.39, 0.29) is 11.6 Å². The van der Waals surface area contributed by atoms with Gasteiger partial charge in [0.25, 0.3) is 0 Å². The Balaban J connectivity index is 1.81. The third kappa shape index (κ3) is 3.77. The molecular formula is C14H13N3O2. The SMILES string of the molecule is O=C(CCCC(=O)c1ccccn1)c1ccnnc1. The van der Waals surface area contributed by atoms with Crippen molar-refractivity contribution in [3.63, 3.8) is 0 Å². The minimum absolute atomic E-state index is 0.0243. The largest absolute Gasteiger partial charge is 0.294 e. The van der Waals surface area contributed by atoms with Crippen LogP contribution in [0.3, 0.4) is 0 Å².